The van der Waals surface area contributed by atoms with Crippen LogP contribution in [0.2, 0.25) is 0 Å². The molecule has 0 aliphatic rings. The molecule has 0 bridgehead atoms. The lowest BCUT2D eigenvalue weighted by Crippen LogP contribution is -2.21. The van der Waals surface area contributed by atoms with Crippen molar-refractivity contribution in [3.63, 3.8) is 0 Å². The van der Waals surface area contributed by atoms with E-state index in [0.29, 0.717) is 17.3 Å². The summed E-state index contributed by atoms with van der Waals surface area (Å²) in [5.74, 6) is 0.576. The number of carbonyl (C=O) groups is 2. The Kier molecular flexibility index (Phi) is 5.99. The Morgan fingerprint density at radius 3 is 2.60 bits per heavy atom. The van der Waals surface area contributed by atoms with Gasteiger partial charge in [0, 0.05) is 6.07 Å². The Morgan fingerprint density at radius 1 is 1.24 bits per heavy atom. The number of aromatic nitrogens is 1. The molecule has 0 saturated heterocycles. The first-order chi connectivity index (χ1) is 11.9. The molecular weight excluding hydrogens is 328 g/mol. The molecule has 25 heavy (non-hydrogen) atoms. The fourth-order valence-electron chi connectivity index (χ4n) is 1.96. The van der Waals surface area contributed by atoms with Gasteiger partial charge < -0.3 is 24.1 Å². The molecule has 134 valence electrons. The highest BCUT2D eigenvalue weighted by Crippen LogP contribution is 2.29. The average Bonchev–Trinajstić information content (AvgIpc) is 2.97. The van der Waals surface area contributed by atoms with E-state index >= 15 is 0 Å². The van der Waals surface area contributed by atoms with Gasteiger partial charge >= 0.3 is 5.97 Å². The first kappa shape index (κ1) is 18.3. The van der Waals surface area contributed by atoms with Crippen LogP contribution in [-0.4, -0.2) is 36.9 Å². The number of rotatable bonds is 7. The molecule has 2 aromatic rings. The fourth-order valence-corrected chi connectivity index (χ4v) is 1.96. The Labute approximate surface area is 145 Å². The van der Waals surface area contributed by atoms with Crippen molar-refractivity contribution in [2.24, 2.45) is 0 Å². The highest BCUT2D eigenvalue weighted by molar-refractivity contribution is 5.95. The van der Waals surface area contributed by atoms with E-state index in [1.54, 1.807) is 25.1 Å². The summed E-state index contributed by atoms with van der Waals surface area (Å²) >= 11 is 0. The minimum Gasteiger partial charge on any atom is -0.493 e. The van der Waals surface area contributed by atoms with Crippen LogP contribution in [0.3, 0.4) is 0 Å². The van der Waals surface area contributed by atoms with Crippen molar-refractivity contribution >= 4 is 17.7 Å². The number of carbonyl (C=O) groups excluding carboxylic acids is 2. The van der Waals surface area contributed by atoms with Crippen molar-refractivity contribution < 1.29 is 28.3 Å². The van der Waals surface area contributed by atoms with E-state index in [2.05, 4.69) is 10.5 Å². The third-order valence-electron chi connectivity index (χ3n) is 2.99. The molecule has 0 radical (unpaired) electrons. The molecule has 1 aromatic carbocycles. The van der Waals surface area contributed by atoms with E-state index in [1.807, 2.05) is 13.8 Å². The quantitative estimate of drug-likeness (QED) is 0.768. The van der Waals surface area contributed by atoms with Crippen molar-refractivity contribution in [2.75, 3.05) is 19.0 Å². The van der Waals surface area contributed by atoms with Crippen LogP contribution < -0.4 is 14.8 Å². The predicted molar refractivity (Wildman–Crippen MR) is 88.9 cm³/mol. The number of methoxy groups -OCH3 is 1. The lowest BCUT2D eigenvalue weighted by molar-refractivity contribution is -0.119. The van der Waals surface area contributed by atoms with Gasteiger partial charge in [-0.25, -0.2) is 4.79 Å². The third-order valence-corrected chi connectivity index (χ3v) is 2.99. The van der Waals surface area contributed by atoms with Gasteiger partial charge in [0.05, 0.1) is 18.8 Å². The van der Waals surface area contributed by atoms with Crippen LogP contribution in [0.25, 0.3) is 0 Å². The van der Waals surface area contributed by atoms with Gasteiger partial charge in [0.25, 0.3) is 5.91 Å². The molecule has 1 aromatic heterocycles. The number of amides is 1. The van der Waals surface area contributed by atoms with Crippen molar-refractivity contribution in [1.82, 2.24) is 5.16 Å². The Bertz CT molecular complexity index is 753. The third kappa shape index (κ3) is 5.23. The minimum atomic E-state index is -0.652. The molecule has 0 atom stereocenters. The van der Waals surface area contributed by atoms with Gasteiger partial charge in [-0.2, -0.15) is 0 Å². The van der Waals surface area contributed by atoms with Gasteiger partial charge in [0.15, 0.2) is 23.9 Å². The molecule has 0 aliphatic heterocycles. The monoisotopic (exact) mass is 348 g/mol. The number of hydrogen-bond donors (Lipinski definition) is 1. The predicted octanol–water partition coefficient (Wildman–Crippen LogP) is 2.57. The largest absolute Gasteiger partial charge is 0.493 e. The lowest BCUT2D eigenvalue weighted by Gasteiger charge is -2.14. The normalized spacial score (nSPS) is 10.4. The second-order valence-corrected chi connectivity index (χ2v) is 5.48. The number of ether oxygens (including phenoxy) is 3. The number of nitrogens with one attached hydrogen (secondary N) is 1. The van der Waals surface area contributed by atoms with Crippen molar-refractivity contribution in [2.45, 2.75) is 26.9 Å². The molecule has 8 heteroatoms. The molecular formula is C17H20N2O6. The first-order valence-corrected chi connectivity index (χ1v) is 7.64. The standard InChI is InChI=1S/C17H20N2O6/c1-10(2)24-13-6-5-12(8-14(13)22-4)17(21)23-9-16(20)18-15-7-11(3)25-19-15/h5-8,10H,9H2,1-4H3,(H,18,19,20). The minimum absolute atomic E-state index is 0.0319. The van der Waals surface area contributed by atoms with Gasteiger partial charge in [0.1, 0.15) is 5.76 Å². The summed E-state index contributed by atoms with van der Waals surface area (Å²) in [7, 11) is 1.48. The zero-order valence-electron chi connectivity index (χ0n) is 14.5. The summed E-state index contributed by atoms with van der Waals surface area (Å²) in [6.45, 7) is 5.02. The number of esters is 1. The van der Waals surface area contributed by atoms with E-state index in [0.717, 1.165) is 0 Å². The molecule has 0 unspecified atom stereocenters. The van der Waals surface area contributed by atoms with Crippen LogP contribution in [0.15, 0.2) is 28.8 Å². The second-order valence-electron chi connectivity index (χ2n) is 5.48. The van der Waals surface area contributed by atoms with Crippen LogP contribution in [-0.2, 0) is 9.53 Å². The van der Waals surface area contributed by atoms with Crippen LogP contribution in [0.1, 0.15) is 30.0 Å². The Balaban J connectivity index is 1.94. The Morgan fingerprint density at radius 2 is 2.00 bits per heavy atom. The highest BCUT2D eigenvalue weighted by Gasteiger charge is 2.15. The zero-order valence-corrected chi connectivity index (χ0v) is 14.5. The van der Waals surface area contributed by atoms with E-state index in [-0.39, 0.29) is 17.5 Å². The molecule has 0 aliphatic carbocycles. The number of hydrogen-bond acceptors (Lipinski definition) is 7. The van der Waals surface area contributed by atoms with Gasteiger partial charge in [-0.1, -0.05) is 5.16 Å². The average molecular weight is 348 g/mol. The van der Waals surface area contributed by atoms with Gasteiger partial charge in [-0.3, -0.25) is 4.79 Å². The summed E-state index contributed by atoms with van der Waals surface area (Å²) in [4.78, 5) is 23.8. The second kappa shape index (κ2) is 8.18. The van der Waals surface area contributed by atoms with Crippen LogP contribution in [0, 0.1) is 6.92 Å². The summed E-state index contributed by atoms with van der Waals surface area (Å²) in [5.41, 5.74) is 0.248. The van der Waals surface area contributed by atoms with Crippen molar-refractivity contribution in [3.8, 4) is 11.5 Å². The first-order valence-electron chi connectivity index (χ1n) is 7.64. The molecule has 0 fully saturated rings. The fraction of sp³-hybridized carbons (Fsp3) is 0.353. The zero-order chi connectivity index (χ0) is 18.4. The smallest absolute Gasteiger partial charge is 0.338 e. The molecule has 1 heterocycles. The highest BCUT2D eigenvalue weighted by atomic mass is 16.5. The molecule has 1 N–H and O–H groups in total. The van der Waals surface area contributed by atoms with E-state index in [4.69, 9.17) is 18.7 Å². The van der Waals surface area contributed by atoms with Gasteiger partial charge in [0.2, 0.25) is 0 Å². The van der Waals surface area contributed by atoms with Gasteiger partial charge in [-0.05, 0) is 39.0 Å². The maximum atomic E-state index is 12.1. The van der Waals surface area contributed by atoms with Gasteiger partial charge in [-0.15, -0.1) is 0 Å². The van der Waals surface area contributed by atoms with E-state index in [1.165, 1.54) is 13.2 Å². The van der Waals surface area contributed by atoms with Crippen LogP contribution >= 0.6 is 0 Å². The molecule has 1 amide bonds. The van der Waals surface area contributed by atoms with Crippen LogP contribution in [0.4, 0.5) is 5.82 Å². The number of benzene rings is 1. The number of aryl methyl sites for hydroxylation is 1. The van der Waals surface area contributed by atoms with Crippen LogP contribution in [0.5, 0.6) is 11.5 Å². The van der Waals surface area contributed by atoms with Crippen molar-refractivity contribution in [3.05, 3.63) is 35.6 Å². The van der Waals surface area contributed by atoms with E-state index < -0.39 is 18.5 Å². The topological polar surface area (TPSA) is 99.9 Å². The SMILES string of the molecule is COc1cc(C(=O)OCC(=O)Nc2cc(C)on2)ccc1OC(C)C. The number of nitrogens with zero attached hydrogens (tertiary/aromatic N) is 1. The maximum Gasteiger partial charge on any atom is 0.338 e. The summed E-state index contributed by atoms with van der Waals surface area (Å²) in [6.07, 6.45) is -0.0319. The van der Waals surface area contributed by atoms with E-state index in [9.17, 15) is 9.59 Å². The Hall–Kier alpha value is -3.03. The van der Waals surface area contributed by atoms with Crippen molar-refractivity contribution in [1.29, 1.82) is 0 Å². The number of anilines is 1. The summed E-state index contributed by atoms with van der Waals surface area (Å²) < 4.78 is 20.6. The summed E-state index contributed by atoms with van der Waals surface area (Å²) in [5, 5.41) is 6.08. The molecule has 0 spiro atoms. The molecule has 8 nitrogen and oxygen atoms in total. The molecule has 0 saturated carbocycles. The summed E-state index contributed by atoms with van der Waals surface area (Å²) in [6, 6.07) is 6.21. The lowest BCUT2D eigenvalue weighted by atomic mass is 10.2. The molecule has 2 rings (SSSR count). The maximum absolute atomic E-state index is 12.1.